The minimum atomic E-state index is 0.114. The third-order valence-electron chi connectivity index (χ3n) is 3.11. The Balaban J connectivity index is 3.88. The second kappa shape index (κ2) is 7.27. The quantitative estimate of drug-likeness (QED) is 0.704. The van der Waals surface area contributed by atoms with Gasteiger partial charge in [-0.15, -0.1) is 0 Å². The summed E-state index contributed by atoms with van der Waals surface area (Å²) in [5, 5.41) is 3.00. The Morgan fingerprint density at radius 1 is 1.24 bits per heavy atom. The van der Waals surface area contributed by atoms with Crippen molar-refractivity contribution < 1.29 is 4.79 Å². The SMILES string of the molecule is CSC(C)(C)CNC(=O)CCC(C)(C)CCN. The zero-order valence-electron chi connectivity index (χ0n) is 11.9. The number of thioether (sulfide) groups is 1. The van der Waals surface area contributed by atoms with Crippen molar-refractivity contribution >= 4 is 17.7 Å². The molecule has 0 aromatic heterocycles. The van der Waals surface area contributed by atoms with Crippen LogP contribution in [0.4, 0.5) is 0 Å². The van der Waals surface area contributed by atoms with E-state index in [1.165, 1.54) is 0 Å². The molecule has 3 N–H and O–H groups in total. The molecule has 1 amide bonds. The largest absolute Gasteiger partial charge is 0.355 e. The molecule has 0 rings (SSSR count). The minimum Gasteiger partial charge on any atom is -0.355 e. The van der Waals surface area contributed by atoms with Crippen LogP contribution in [0.15, 0.2) is 0 Å². The first-order valence-electron chi connectivity index (χ1n) is 6.24. The van der Waals surface area contributed by atoms with Crippen LogP contribution in [0, 0.1) is 5.41 Å². The van der Waals surface area contributed by atoms with Gasteiger partial charge in [0.05, 0.1) is 0 Å². The zero-order chi connectivity index (χ0) is 13.5. The molecule has 0 saturated carbocycles. The highest BCUT2D eigenvalue weighted by atomic mass is 32.2. The lowest BCUT2D eigenvalue weighted by molar-refractivity contribution is -0.121. The summed E-state index contributed by atoms with van der Waals surface area (Å²) in [5.41, 5.74) is 5.72. The van der Waals surface area contributed by atoms with Crippen LogP contribution >= 0.6 is 11.8 Å². The first-order chi connectivity index (χ1) is 7.72. The van der Waals surface area contributed by atoms with Gasteiger partial charge in [-0.3, -0.25) is 4.79 Å². The molecule has 0 aliphatic heterocycles. The molecule has 3 nitrogen and oxygen atoms in total. The van der Waals surface area contributed by atoms with Crippen molar-refractivity contribution in [3.63, 3.8) is 0 Å². The molecular weight excluding hydrogens is 232 g/mol. The Hall–Kier alpha value is -0.220. The summed E-state index contributed by atoms with van der Waals surface area (Å²) in [5.74, 6) is 0.150. The van der Waals surface area contributed by atoms with E-state index in [0.29, 0.717) is 13.0 Å². The second-order valence-corrected chi connectivity index (χ2v) is 7.46. The topological polar surface area (TPSA) is 55.1 Å². The predicted molar refractivity (Wildman–Crippen MR) is 77.3 cm³/mol. The summed E-state index contributed by atoms with van der Waals surface area (Å²) < 4.78 is 0.114. The van der Waals surface area contributed by atoms with Crippen LogP contribution in [0.5, 0.6) is 0 Å². The normalized spacial score (nSPS) is 12.6. The van der Waals surface area contributed by atoms with Gasteiger partial charge in [0.2, 0.25) is 5.91 Å². The molecule has 0 saturated heterocycles. The number of amides is 1. The smallest absolute Gasteiger partial charge is 0.220 e. The van der Waals surface area contributed by atoms with Gasteiger partial charge in [-0.2, -0.15) is 11.8 Å². The Labute approximate surface area is 110 Å². The van der Waals surface area contributed by atoms with Crippen LogP contribution < -0.4 is 11.1 Å². The molecule has 0 heterocycles. The van der Waals surface area contributed by atoms with Crippen LogP contribution in [0.25, 0.3) is 0 Å². The fourth-order valence-corrected chi connectivity index (χ4v) is 1.66. The molecule has 0 radical (unpaired) electrons. The number of hydrogen-bond acceptors (Lipinski definition) is 3. The molecule has 0 bridgehead atoms. The summed E-state index contributed by atoms with van der Waals surface area (Å²) in [7, 11) is 0. The molecule has 0 atom stereocenters. The van der Waals surface area contributed by atoms with Crippen LogP contribution in [0.1, 0.15) is 47.0 Å². The van der Waals surface area contributed by atoms with Crippen molar-refractivity contribution in [2.45, 2.75) is 51.7 Å². The molecular formula is C13H28N2OS. The summed E-state index contributed by atoms with van der Waals surface area (Å²) >= 11 is 1.77. The van der Waals surface area contributed by atoms with Gasteiger partial charge in [0.15, 0.2) is 0 Å². The van der Waals surface area contributed by atoms with Crippen molar-refractivity contribution in [3.8, 4) is 0 Å². The summed E-state index contributed by atoms with van der Waals surface area (Å²) in [6, 6.07) is 0. The molecule has 0 spiro atoms. The molecule has 0 aromatic carbocycles. The fourth-order valence-electron chi connectivity index (χ4n) is 1.44. The van der Waals surface area contributed by atoms with Crippen LogP contribution in [0.3, 0.4) is 0 Å². The van der Waals surface area contributed by atoms with E-state index in [1.54, 1.807) is 11.8 Å². The van der Waals surface area contributed by atoms with Gasteiger partial charge >= 0.3 is 0 Å². The first-order valence-corrected chi connectivity index (χ1v) is 7.47. The number of carbonyl (C=O) groups excluding carboxylic acids is 1. The van der Waals surface area contributed by atoms with Gasteiger partial charge in [-0.05, 0) is 44.9 Å². The monoisotopic (exact) mass is 260 g/mol. The lowest BCUT2D eigenvalue weighted by Crippen LogP contribution is -2.36. The van der Waals surface area contributed by atoms with E-state index >= 15 is 0 Å². The molecule has 17 heavy (non-hydrogen) atoms. The number of nitrogens with one attached hydrogen (secondary N) is 1. The minimum absolute atomic E-state index is 0.114. The lowest BCUT2D eigenvalue weighted by atomic mass is 9.84. The van der Waals surface area contributed by atoms with E-state index in [-0.39, 0.29) is 16.1 Å². The third-order valence-corrected chi connectivity index (χ3v) is 4.36. The molecule has 0 fully saturated rings. The maximum Gasteiger partial charge on any atom is 0.220 e. The Morgan fingerprint density at radius 2 is 1.82 bits per heavy atom. The second-order valence-electron chi connectivity index (χ2n) is 5.94. The summed E-state index contributed by atoms with van der Waals surface area (Å²) in [4.78, 5) is 11.7. The molecule has 0 aliphatic carbocycles. The summed E-state index contributed by atoms with van der Waals surface area (Å²) in [6.45, 7) is 10.0. The lowest BCUT2D eigenvalue weighted by Gasteiger charge is -2.25. The molecule has 0 unspecified atom stereocenters. The third kappa shape index (κ3) is 8.50. The average Bonchev–Trinajstić information content (AvgIpc) is 2.24. The summed E-state index contributed by atoms with van der Waals surface area (Å²) in [6.07, 6.45) is 4.53. The van der Waals surface area contributed by atoms with Gasteiger partial charge in [0, 0.05) is 17.7 Å². The molecule has 4 heteroatoms. The van der Waals surface area contributed by atoms with Crippen LogP contribution in [0.2, 0.25) is 0 Å². The van der Waals surface area contributed by atoms with Crippen molar-refractivity contribution in [1.82, 2.24) is 5.32 Å². The number of carbonyl (C=O) groups is 1. The highest BCUT2D eigenvalue weighted by Crippen LogP contribution is 2.26. The van der Waals surface area contributed by atoms with Gasteiger partial charge in [0.1, 0.15) is 0 Å². The van der Waals surface area contributed by atoms with Crippen molar-refractivity contribution in [3.05, 3.63) is 0 Å². The molecule has 0 aliphatic rings. The maximum absolute atomic E-state index is 11.7. The van der Waals surface area contributed by atoms with Crippen molar-refractivity contribution in [2.75, 3.05) is 19.3 Å². The fraction of sp³-hybridized carbons (Fsp3) is 0.923. The van der Waals surface area contributed by atoms with Gasteiger partial charge in [-0.1, -0.05) is 13.8 Å². The van der Waals surface area contributed by atoms with E-state index in [9.17, 15) is 4.79 Å². The highest BCUT2D eigenvalue weighted by Gasteiger charge is 2.20. The Morgan fingerprint density at radius 3 is 2.29 bits per heavy atom. The highest BCUT2D eigenvalue weighted by molar-refractivity contribution is 7.99. The Bertz CT molecular complexity index is 240. The van der Waals surface area contributed by atoms with Gasteiger partial charge in [-0.25, -0.2) is 0 Å². The predicted octanol–water partition coefficient (Wildman–Crippen LogP) is 2.40. The first kappa shape index (κ1) is 16.8. The maximum atomic E-state index is 11.7. The van der Waals surface area contributed by atoms with E-state index < -0.39 is 0 Å². The number of rotatable bonds is 8. The van der Waals surface area contributed by atoms with E-state index in [0.717, 1.165) is 19.4 Å². The van der Waals surface area contributed by atoms with Gasteiger partial charge < -0.3 is 11.1 Å². The van der Waals surface area contributed by atoms with E-state index in [1.807, 2.05) is 0 Å². The molecule has 102 valence electrons. The average molecular weight is 260 g/mol. The van der Waals surface area contributed by atoms with Crippen molar-refractivity contribution in [2.24, 2.45) is 11.1 Å². The standard InChI is InChI=1S/C13H28N2OS/c1-12(2,8-9-14)7-6-11(16)15-10-13(3,4)17-5/h6-10,14H2,1-5H3,(H,15,16). The molecule has 0 aromatic rings. The number of nitrogens with two attached hydrogens (primary N) is 1. The van der Waals surface area contributed by atoms with Gasteiger partial charge in [0.25, 0.3) is 0 Å². The zero-order valence-corrected chi connectivity index (χ0v) is 12.7. The van der Waals surface area contributed by atoms with E-state index in [4.69, 9.17) is 5.73 Å². The van der Waals surface area contributed by atoms with Crippen molar-refractivity contribution in [1.29, 1.82) is 0 Å². The number of hydrogen-bond donors (Lipinski definition) is 2. The van der Waals surface area contributed by atoms with Crippen LogP contribution in [-0.4, -0.2) is 30.0 Å². The van der Waals surface area contributed by atoms with E-state index in [2.05, 4.69) is 39.3 Å². The Kier molecular flexibility index (Phi) is 7.17. The van der Waals surface area contributed by atoms with Crippen LogP contribution in [-0.2, 0) is 4.79 Å².